The molecular formula is C14H9F3N2O2. The minimum absolute atomic E-state index is 0.129. The maximum atomic E-state index is 12.6. The van der Waals surface area contributed by atoms with Crippen LogP contribution in [-0.2, 0) is 12.8 Å². The fourth-order valence-electron chi connectivity index (χ4n) is 1.60. The average Bonchev–Trinajstić information content (AvgIpc) is 2.47. The molecule has 0 unspecified atom stereocenters. The molecule has 0 aliphatic carbocycles. The third kappa shape index (κ3) is 3.30. The number of para-hydroxylation sites is 1. The van der Waals surface area contributed by atoms with Gasteiger partial charge in [0.2, 0.25) is 5.88 Å². The van der Waals surface area contributed by atoms with Crippen molar-refractivity contribution < 1.29 is 23.0 Å². The predicted molar refractivity (Wildman–Crippen MR) is 66.4 cm³/mol. The molecule has 1 N–H and O–H groups in total. The number of pyridine rings is 1. The van der Waals surface area contributed by atoms with Gasteiger partial charge in [-0.25, -0.2) is 4.98 Å². The van der Waals surface area contributed by atoms with E-state index in [0.717, 1.165) is 6.07 Å². The molecule has 4 nitrogen and oxygen atoms in total. The topological polar surface area (TPSA) is 66.1 Å². The van der Waals surface area contributed by atoms with E-state index in [-0.39, 0.29) is 17.9 Å². The van der Waals surface area contributed by atoms with Gasteiger partial charge in [0.05, 0.1) is 6.61 Å². The highest BCUT2D eigenvalue weighted by atomic mass is 19.4. The molecule has 1 heterocycles. The number of halogens is 3. The maximum Gasteiger partial charge on any atom is 0.433 e. The lowest BCUT2D eigenvalue weighted by Gasteiger charge is -2.12. The second-order valence-corrected chi connectivity index (χ2v) is 4.03. The lowest BCUT2D eigenvalue weighted by atomic mass is 10.2. The van der Waals surface area contributed by atoms with E-state index in [1.54, 1.807) is 24.3 Å². The number of benzene rings is 1. The van der Waals surface area contributed by atoms with Crippen LogP contribution in [0.5, 0.6) is 11.6 Å². The number of rotatable bonds is 3. The Balaban J connectivity index is 2.45. The minimum Gasteiger partial charge on any atom is -0.437 e. The van der Waals surface area contributed by atoms with Crippen LogP contribution in [-0.4, -0.2) is 10.1 Å². The largest absolute Gasteiger partial charge is 0.437 e. The van der Waals surface area contributed by atoms with E-state index in [2.05, 4.69) is 4.98 Å². The Kier molecular flexibility index (Phi) is 4.10. The van der Waals surface area contributed by atoms with Crippen LogP contribution in [0.25, 0.3) is 0 Å². The number of nitrogens with zero attached hydrogens (tertiary/aromatic N) is 2. The van der Waals surface area contributed by atoms with Gasteiger partial charge in [-0.2, -0.15) is 18.4 Å². The van der Waals surface area contributed by atoms with Crippen LogP contribution in [0.1, 0.15) is 16.8 Å². The average molecular weight is 294 g/mol. The number of nitriles is 1. The zero-order valence-corrected chi connectivity index (χ0v) is 10.6. The van der Waals surface area contributed by atoms with E-state index in [1.807, 2.05) is 0 Å². The van der Waals surface area contributed by atoms with Crippen molar-refractivity contribution in [3.63, 3.8) is 0 Å². The van der Waals surface area contributed by atoms with Gasteiger partial charge in [-0.05, 0) is 18.2 Å². The first-order valence-corrected chi connectivity index (χ1v) is 5.80. The molecule has 7 heteroatoms. The van der Waals surface area contributed by atoms with Gasteiger partial charge >= 0.3 is 6.18 Å². The van der Waals surface area contributed by atoms with Gasteiger partial charge in [-0.15, -0.1) is 0 Å². The summed E-state index contributed by atoms with van der Waals surface area (Å²) in [6.45, 7) is -0.350. The molecule has 0 amide bonds. The van der Waals surface area contributed by atoms with E-state index < -0.39 is 17.8 Å². The number of hydrogen-bond acceptors (Lipinski definition) is 4. The first-order valence-electron chi connectivity index (χ1n) is 5.80. The Bertz CT molecular complexity index is 693. The van der Waals surface area contributed by atoms with Crippen molar-refractivity contribution in [2.45, 2.75) is 12.8 Å². The second-order valence-electron chi connectivity index (χ2n) is 4.03. The number of alkyl halides is 3. The summed E-state index contributed by atoms with van der Waals surface area (Å²) in [6.07, 6.45) is -4.64. The van der Waals surface area contributed by atoms with Crippen molar-refractivity contribution in [2.75, 3.05) is 0 Å². The zero-order valence-electron chi connectivity index (χ0n) is 10.6. The standard InChI is InChI=1S/C14H9F3N2O2/c15-14(16,17)12-6-5-9(7-18)13(19-12)21-11-4-2-1-3-10(11)8-20/h1-6,20H,8H2. The molecule has 1 aromatic heterocycles. The predicted octanol–water partition coefficient (Wildman–Crippen LogP) is 3.26. The Morgan fingerprint density at radius 1 is 1.19 bits per heavy atom. The molecule has 0 radical (unpaired) electrons. The molecule has 0 aliphatic rings. The Hall–Kier alpha value is -2.59. The third-order valence-electron chi connectivity index (χ3n) is 2.62. The highest BCUT2D eigenvalue weighted by molar-refractivity contribution is 5.43. The van der Waals surface area contributed by atoms with Crippen LogP contribution < -0.4 is 4.74 Å². The Morgan fingerprint density at radius 3 is 2.52 bits per heavy atom. The van der Waals surface area contributed by atoms with Gasteiger partial charge in [-0.1, -0.05) is 18.2 Å². The summed E-state index contributed by atoms with van der Waals surface area (Å²) in [5.74, 6) is -0.309. The molecule has 0 fully saturated rings. The van der Waals surface area contributed by atoms with E-state index in [0.29, 0.717) is 11.6 Å². The summed E-state index contributed by atoms with van der Waals surface area (Å²) < 4.78 is 43.2. The van der Waals surface area contributed by atoms with Crippen LogP contribution in [0.2, 0.25) is 0 Å². The number of aliphatic hydroxyl groups excluding tert-OH is 1. The van der Waals surface area contributed by atoms with E-state index >= 15 is 0 Å². The van der Waals surface area contributed by atoms with Crippen LogP contribution in [0.15, 0.2) is 36.4 Å². The molecule has 21 heavy (non-hydrogen) atoms. The van der Waals surface area contributed by atoms with Crippen molar-refractivity contribution in [3.8, 4) is 17.7 Å². The smallest absolute Gasteiger partial charge is 0.433 e. The van der Waals surface area contributed by atoms with Crippen molar-refractivity contribution in [2.24, 2.45) is 0 Å². The Morgan fingerprint density at radius 2 is 1.90 bits per heavy atom. The molecule has 1 aromatic carbocycles. The van der Waals surface area contributed by atoms with Crippen molar-refractivity contribution in [1.29, 1.82) is 5.26 Å². The summed E-state index contributed by atoms with van der Waals surface area (Å²) in [4.78, 5) is 3.33. The minimum atomic E-state index is -4.64. The van der Waals surface area contributed by atoms with Gasteiger partial charge in [0.15, 0.2) is 0 Å². The summed E-state index contributed by atoms with van der Waals surface area (Å²) in [5.41, 5.74) is -0.908. The van der Waals surface area contributed by atoms with Crippen molar-refractivity contribution >= 4 is 0 Å². The van der Waals surface area contributed by atoms with Crippen LogP contribution in [0, 0.1) is 11.3 Å². The quantitative estimate of drug-likeness (QED) is 0.943. The van der Waals surface area contributed by atoms with Gasteiger partial charge in [0.25, 0.3) is 0 Å². The number of ether oxygens (including phenoxy) is 1. The molecular weight excluding hydrogens is 285 g/mol. The molecule has 0 aliphatic heterocycles. The maximum absolute atomic E-state index is 12.6. The summed E-state index contributed by atoms with van der Waals surface area (Å²) >= 11 is 0. The third-order valence-corrected chi connectivity index (χ3v) is 2.62. The summed E-state index contributed by atoms with van der Waals surface area (Å²) in [5, 5.41) is 18.1. The summed E-state index contributed by atoms with van der Waals surface area (Å²) in [6, 6.07) is 9.67. The molecule has 2 aromatic rings. The lowest BCUT2D eigenvalue weighted by Crippen LogP contribution is -2.09. The van der Waals surface area contributed by atoms with Gasteiger partial charge < -0.3 is 9.84 Å². The van der Waals surface area contributed by atoms with Crippen molar-refractivity contribution in [3.05, 3.63) is 53.2 Å². The SMILES string of the molecule is N#Cc1ccc(C(F)(F)F)nc1Oc1ccccc1CO. The van der Waals surface area contributed by atoms with Gasteiger partial charge in [0, 0.05) is 5.56 Å². The molecule has 0 spiro atoms. The summed E-state index contributed by atoms with van der Waals surface area (Å²) in [7, 11) is 0. The van der Waals surface area contributed by atoms with E-state index in [1.165, 1.54) is 6.07 Å². The fourth-order valence-corrected chi connectivity index (χ4v) is 1.60. The van der Waals surface area contributed by atoms with Crippen LogP contribution in [0.4, 0.5) is 13.2 Å². The molecule has 0 atom stereocenters. The number of aliphatic hydroxyl groups is 1. The Labute approximate surface area is 118 Å². The zero-order chi connectivity index (χ0) is 15.5. The molecule has 0 saturated heterocycles. The monoisotopic (exact) mass is 294 g/mol. The first kappa shape index (κ1) is 14.8. The first-order chi connectivity index (χ1) is 9.95. The fraction of sp³-hybridized carbons (Fsp3) is 0.143. The molecule has 2 rings (SSSR count). The highest BCUT2D eigenvalue weighted by Gasteiger charge is 2.33. The molecule has 0 saturated carbocycles. The van der Waals surface area contributed by atoms with Gasteiger partial charge in [-0.3, -0.25) is 0 Å². The number of aromatic nitrogens is 1. The molecule has 108 valence electrons. The highest BCUT2D eigenvalue weighted by Crippen LogP contribution is 2.32. The molecule has 0 bridgehead atoms. The normalized spacial score (nSPS) is 11.0. The van der Waals surface area contributed by atoms with Crippen molar-refractivity contribution in [1.82, 2.24) is 4.98 Å². The van der Waals surface area contributed by atoms with Gasteiger partial charge in [0.1, 0.15) is 23.1 Å². The van der Waals surface area contributed by atoms with E-state index in [9.17, 15) is 13.2 Å². The lowest BCUT2D eigenvalue weighted by molar-refractivity contribution is -0.141. The van der Waals surface area contributed by atoms with E-state index in [4.69, 9.17) is 15.1 Å². The van der Waals surface area contributed by atoms with Crippen LogP contribution >= 0.6 is 0 Å². The second kappa shape index (κ2) is 5.81. The van der Waals surface area contributed by atoms with Crippen LogP contribution in [0.3, 0.4) is 0 Å². The number of hydrogen-bond donors (Lipinski definition) is 1.